The zero-order chi connectivity index (χ0) is 14.5. The van der Waals surface area contributed by atoms with Crippen LogP contribution >= 0.6 is 0 Å². The molecule has 0 saturated heterocycles. The Morgan fingerprint density at radius 1 is 1.05 bits per heavy atom. The van der Waals surface area contributed by atoms with Crippen molar-refractivity contribution in [3.63, 3.8) is 0 Å². The Kier molecular flexibility index (Phi) is 4.20. The fraction of sp³-hybridized carbons (Fsp3) is 0.200. The standard InChI is InChI=1S/C15H18N4O/c1-11(20)17-15-9-6-13(10-16-15)18-12-4-7-14(8-5-12)19(2)3/h4-10,18H,1-3H3,(H,16,17,20). The first kappa shape index (κ1) is 13.9. The van der Waals surface area contributed by atoms with Crippen molar-refractivity contribution < 1.29 is 4.79 Å². The van der Waals surface area contributed by atoms with Gasteiger partial charge < -0.3 is 15.5 Å². The molecule has 0 aliphatic heterocycles. The molecule has 0 unspecified atom stereocenters. The third kappa shape index (κ3) is 3.71. The van der Waals surface area contributed by atoms with E-state index in [1.165, 1.54) is 6.92 Å². The third-order valence-corrected chi connectivity index (χ3v) is 2.74. The molecule has 2 rings (SSSR count). The Balaban J connectivity index is 2.04. The maximum atomic E-state index is 10.9. The van der Waals surface area contributed by atoms with Crippen LogP contribution in [0.2, 0.25) is 0 Å². The highest BCUT2D eigenvalue weighted by Crippen LogP contribution is 2.20. The molecule has 0 aliphatic rings. The number of carbonyl (C=O) groups excluding carboxylic acids is 1. The van der Waals surface area contributed by atoms with Crippen molar-refractivity contribution in [1.82, 2.24) is 4.98 Å². The smallest absolute Gasteiger partial charge is 0.222 e. The van der Waals surface area contributed by atoms with Crippen molar-refractivity contribution in [1.29, 1.82) is 0 Å². The molecule has 1 amide bonds. The van der Waals surface area contributed by atoms with Gasteiger partial charge in [0, 0.05) is 32.4 Å². The van der Waals surface area contributed by atoms with Gasteiger partial charge in [0.05, 0.1) is 11.9 Å². The van der Waals surface area contributed by atoms with E-state index in [0.29, 0.717) is 5.82 Å². The van der Waals surface area contributed by atoms with Crippen LogP contribution in [-0.4, -0.2) is 25.0 Å². The Bertz CT molecular complexity index is 576. The second-order valence-electron chi connectivity index (χ2n) is 4.68. The van der Waals surface area contributed by atoms with Gasteiger partial charge in [-0.05, 0) is 36.4 Å². The lowest BCUT2D eigenvalue weighted by Crippen LogP contribution is -2.08. The van der Waals surface area contributed by atoms with E-state index >= 15 is 0 Å². The summed E-state index contributed by atoms with van der Waals surface area (Å²) >= 11 is 0. The summed E-state index contributed by atoms with van der Waals surface area (Å²) in [6.07, 6.45) is 1.69. The van der Waals surface area contributed by atoms with Crippen molar-refractivity contribution >= 4 is 28.8 Å². The molecule has 1 aromatic carbocycles. The Hall–Kier alpha value is -2.56. The first-order chi connectivity index (χ1) is 9.54. The number of nitrogens with one attached hydrogen (secondary N) is 2. The summed E-state index contributed by atoms with van der Waals surface area (Å²) in [6.45, 7) is 1.46. The van der Waals surface area contributed by atoms with Crippen molar-refractivity contribution in [3.8, 4) is 0 Å². The Labute approximate surface area is 118 Å². The molecule has 0 aliphatic carbocycles. The first-order valence-corrected chi connectivity index (χ1v) is 6.32. The quantitative estimate of drug-likeness (QED) is 0.897. The molecule has 0 radical (unpaired) electrons. The number of hydrogen-bond acceptors (Lipinski definition) is 4. The zero-order valence-electron chi connectivity index (χ0n) is 11.8. The summed E-state index contributed by atoms with van der Waals surface area (Å²) in [6, 6.07) is 11.7. The summed E-state index contributed by atoms with van der Waals surface area (Å²) in [5.41, 5.74) is 3.01. The number of anilines is 4. The molecule has 0 atom stereocenters. The van der Waals surface area contributed by atoms with E-state index in [0.717, 1.165) is 17.1 Å². The average Bonchev–Trinajstić information content (AvgIpc) is 2.41. The van der Waals surface area contributed by atoms with Crippen molar-refractivity contribution in [2.45, 2.75) is 6.92 Å². The van der Waals surface area contributed by atoms with E-state index in [4.69, 9.17) is 0 Å². The van der Waals surface area contributed by atoms with Gasteiger partial charge in [-0.15, -0.1) is 0 Å². The number of nitrogens with zero attached hydrogens (tertiary/aromatic N) is 2. The molecule has 2 aromatic rings. The van der Waals surface area contributed by atoms with Crippen LogP contribution in [0.5, 0.6) is 0 Å². The summed E-state index contributed by atoms with van der Waals surface area (Å²) < 4.78 is 0. The molecule has 1 aromatic heterocycles. The van der Waals surface area contributed by atoms with Crippen LogP contribution in [0.4, 0.5) is 22.9 Å². The summed E-state index contributed by atoms with van der Waals surface area (Å²) in [7, 11) is 4.01. The van der Waals surface area contributed by atoms with Crippen molar-refractivity contribution in [2.24, 2.45) is 0 Å². The van der Waals surface area contributed by atoms with Crippen LogP contribution in [-0.2, 0) is 4.79 Å². The highest BCUT2D eigenvalue weighted by atomic mass is 16.1. The van der Waals surface area contributed by atoms with E-state index in [9.17, 15) is 4.79 Å². The maximum absolute atomic E-state index is 10.9. The second-order valence-corrected chi connectivity index (χ2v) is 4.68. The van der Waals surface area contributed by atoms with Crippen LogP contribution in [0.1, 0.15) is 6.92 Å². The second kappa shape index (κ2) is 6.06. The number of aromatic nitrogens is 1. The Morgan fingerprint density at radius 2 is 1.70 bits per heavy atom. The normalized spacial score (nSPS) is 9.95. The van der Waals surface area contributed by atoms with Gasteiger partial charge in [0.2, 0.25) is 5.91 Å². The molecule has 0 fully saturated rings. The van der Waals surface area contributed by atoms with Crippen molar-refractivity contribution in [2.75, 3.05) is 29.6 Å². The molecule has 0 spiro atoms. The van der Waals surface area contributed by atoms with Crippen molar-refractivity contribution in [3.05, 3.63) is 42.6 Å². The molecular weight excluding hydrogens is 252 g/mol. The number of carbonyl (C=O) groups is 1. The SMILES string of the molecule is CC(=O)Nc1ccc(Nc2ccc(N(C)C)cc2)cn1. The molecule has 2 N–H and O–H groups in total. The molecule has 0 bridgehead atoms. The summed E-state index contributed by atoms with van der Waals surface area (Å²) in [5, 5.41) is 5.89. The fourth-order valence-electron chi connectivity index (χ4n) is 1.73. The summed E-state index contributed by atoms with van der Waals surface area (Å²) in [5.74, 6) is 0.420. The van der Waals surface area contributed by atoms with E-state index in [-0.39, 0.29) is 5.91 Å². The maximum Gasteiger partial charge on any atom is 0.222 e. The molecule has 5 heteroatoms. The van der Waals surface area contributed by atoms with Gasteiger partial charge in [0.25, 0.3) is 0 Å². The highest BCUT2D eigenvalue weighted by Gasteiger charge is 1.99. The predicted octanol–water partition coefficient (Wildman–Crippen LogP) is 2.85. The topological polar surface area (TPSA) is 57.3 Å². The van der Waals surface area contributed by atoms with E-state index in [1.54, 1.807) is 12.3 Å². The lowest BCUT2D eigenvalue weighted by atomic mass is 10.2. The van der Waals surface area contributed by atoms with Crippen LogP contribution in [0, 0.1) is 0 Å². The van der Waals surface area contributed by atoms with Gasteiger partial charge in [-0.2, -0.15) is 0 Å². The minimum absolute atomic E-state index is 0.127. The lowest BCUT2D eigenvalue weighted by molar-refractivity contribution is -0.114. The molecule has 5 nitrogen and oxygen atoms in total. The van der Waals surface area contributed by atoms with Gasteiger partial charge in [-0.3, -0.25) is 4.79 Å². The number of benzene rings is 1. The predicted molar refractivity (Wildman–Crippen MR) is 82.6 cm³/mol. The lowest BCUT2D eigenvalue weighted by Gasteiger charge is -2.13. The van der Waals surface area contributed by atoms with Gasteiger partial charge >= 0.3 is 0 Å². The van der Waals surface area contributed by atoms with Crippen LogP contribution < -0.4 is 15.5 Å². The number of amides is 1. The third-order valence-electron chi connectivity index (χ3n) is 2.74. The first-order valence-electron chi connectivity index (χ1n) is 6.32. The number of rotatable bonds is 4. The van der Waals surface area contributed by atoms with Gasteiger partial charge in [0.1, 0.15) is 5.82 Å². The largest absolute Gasteiger partial charge is 0.378 e. The van der Waals surface area contributed by atoms with Crippen LogP contribution in [0.25, 0.3) is 0 Å². The van der Waals surface area contributed by atoms with E-state index < -0.39 is 0 Å². The van der Waals surface area contributed by atoms with Gasteiger partial charge in [-0.1, -0.05) is 0 Å². The minimum Gasteiger partial charge on any atom is -0.378 e. The monoisotopic (exact) mass is 270 g/mol. The van der Waals surface area contributed by atoms with Crippen LogP contribution in [0.15, 0.2) is 42.6 Å². The molecule has 1 heterocycles. The van der Waals surface area contributed by atoms with Gasteiger partial charge in [-0.25, -0.2) is 4.98 Å². The number of hydrogen-bond donors (Lipinski definition) is 2. The van der Waals surface area contributed by atoms with E-state index in [1.807, 2.05) is 49.3 Å². The highest BCUT2D eigenvalue weighted by molar-refractivity contribution is 5.87. The van der Waals surface area contributed by atoms with E-state index in [2.05, 4.69) is 15.6 Å². The van der Waals surface area contributed by atoms with Gasteiger partial charge in [0.15, 0.2) is 0 Å². The molecule has 0 saturated carbocycles. The van der Waals surface area contributed by atoms with Crippen LogP contribution in [0.3, 0.4) is 0 Å². The zero-order valence-corrected chi connectivity index (χ0v) is 11.8. The Morgan fingerprint density at radius 3 is 2.20 bits per heavy atom. The fourth-order valence-corrected chi connectivity index (χ4v) is 1.73. The average molecular weight is 270 g/mol. The molecular formula is C15H18N4O. The summed E-state index contributed by atoms with van der Waals surface area (Å²) in [4.78, 5) is 17.1. The molecule has 20 heavy (non-hydrogen) atoms. The molecule has 104 valence electrons. The minimum atomic E-state index is -0.127. The number of pyridine rings is 1.